The van der Waals surface area contributed by atoms with Crippen LogP contribution in [0.4, 0.5) is 0 Å². The summed E-state index contributed by atoms with van der Waals surface area (Å²) in [5.74, 6) is 0. The Balaban J connectivity index is 2.29. The van der Waals surface area contributed by atoms with E-state index >= 15 is 0 Å². The van der Waals surface area contributed by atoms with Gasteiger partial charge in [-0.25, -0.2) is 0 Å². The van der Waals surface area contributed by atoms with Crippen molar-refractivity contribution in [2.24, 2.45) is 0 Å². The Morgan fingerprint density at radius 2 is 1.85 bits per heavy atom. The highest BCUT2D eigenvalue weighted by Crippen LogP contribution is 2.31. The molecule has 0 nitrogen and oxygen atoms in total. The quantitative estimate of drug-likeness (QED) is 0.390. The van der Waals surface area contributed by atoms with Crippen molar-refractivity contribution in [2.75, 3.05) is 0 Å². The molecule has 0 fully saturated rings. The van der Waals surface area contributed by atoms with Crippen LogP contribution < -0.4 is 0 Å². The lowest BCUT2D eigenvalue weighted by atomic mass is 9.88. The SMILES string of the molecule is C=Cc1cc(CCc2ccc(Cl)cc2Cl)cc(C)c1/C(=C\C)CC(=C)CC. The van der Waals surface area contributed by atoms with Crippen LogP contribution in [0, 0.1) is 6.92 Å². The molecule has 0 spiro atoms. The molecule has 2 aromatic rings. The van der Waals surface area contributed by atoms with Gasteiger partial charge in [-0.1, -0.05) is 79.2 Å². The molecule has 2 heteroatoms. The largest absolute Gasteiger partial charge is 0.0995 e. The summed E-state index contributed by atoms with van der Waals surface area (Å²) >= 11 is 12.3. The molecular formula is C25H28Cl2. The Morgan fingerprint density at radius 1 is 1.11 bits per heavy atom. The van der Waals surface area contributed by atoms with E-state index in [9.17, 15) is 0 Å². The van der Waals surface area contributed by atoms with Gasteiger partial charge in [-0.05, 0) is 85.1 Å². The third-order valence-electron chi connectivity index (χ3n) is 4.95. The maximum absolute atomic E-state index is 6.32. The second-order valence-electron chi connectivity index (χ2n) is 6.91. The molecule has 0 aliphatic rings. The number of rotatable bonds is 8. The fourth-order valence-corrected chi connectivity index (χ4v) is 3.87. The number of benzene rings is 2. The van der Waals surface area contributed by atoms with Crippen LogP contribution in [0.25, 0.3) is 11.6 Å². The van der Waals surface area contributed by atoms with E-state index in [0.29, 0.717) is 5.02 Å². The molecule has 0 saturated carbocycles. The summed E-state index contributed by atoms with van der Waals surface area (Å²) in [7, 11) is 0. The van der Waals surface area contributed by atoms with Crippen LogP contribution in [0.3, 0.4) is 0 Å². The average Bonchev–Trinajstić information content (AvgIpc) is 2.65. The number of halogens is 2. The summed E-state index contributed by atoms with van der Waals surface area (Å²) in [6, 6.07) is 10.2. The van der Waals surface area contributed by atoms with Crippen LogP contribution in [0.1, 0.15) is 54.5 Å². The molecule has 0 saturated heterocycles. The van der Waals surface area contributed by atoms with Gasteiger partial charge < -0.3 is 0 Å². The third-order valence-corrected chi connectivity index (χ3v) is 5.54. The molecule has 0 amide bonds. The zero-order chi connectivity index (χ0) is 20.0. The molecule has 0 heterocycles. The Morgan fingerprint density at radius 3 is 2.44 bits per heavy atom. The van der Waals surface area contributed by atoms with Gasteiger partial charge in [-0.15, -0.1) is 0 Å². The predicted molar refractivity (Wildman–Crippen MR) is 123 cm³/mol. The Bertz CT molecular complexity index is 872. The summed E-state index contributed by atoms with van der Waals surface area (Å²) in [6.07, 6.45) is 7.88. The van der Waals surface area contributed by atoms with Gasteiger partial charge in [0.15, 0.2) is 0 Å². The topological polar surface area (TPSA) is 0 Å². The van der Waals surface area contributed by atoms with E-state index in [0.717, 1.165) is 36.3 Å². The summed E-state index contributed by atoms with van der Waals surface area (Å²) in [5, 5.41) is 1.40. The van der Waals surface area contributed by atoms with Crippen molar-refractivity contribution in [2.45, 2.75) is 46.5 Å². The Labute approximate surface area is 174 Å². The van der Waals surface area contributed by atoms with Gasteiger partial charge in [0, 0.05) is 10.0 Å². The monoisotopic (exact) mass is 398 g/mol. The van der Waals surface area contributed by atoms with Crippen LogP contribution >= 0.6 is 23.2 Å². The zero-order valence-corrected chi connectivity index (χ0v) is 18.1. The smallest absolute Gasteiger partial charge is 0.0452 e. The van der Waals surface area contributed by atoms with E-state index < -0.39 is 0 Å². The lowest BCUT2D eigenvalue weighted by Crippen LogP contribution is -1.99. The van der Waals surface area contributed by atoms with Crippen LogP contribution in [-0.2, 0) is 12.8 Å². The molecule has 2 aromatic carbocycles. The molecule has 27 heavy (non-hydrogen) atoms. The number of hydrogen-bond donors (Lipinski definition) is 0. The minimum Gasteiger partial charge on any atom is -0.0995 e. The molecule has 2 rings (SSSR count). The minimum atomic E-state index is 0.672. The lowest BCUT2D eigenvalue weighted by Gasteiger charge is -2.17. The first-order valence-electron chi connectivity index (χ1n) is 9.41. The van der Waals surface area contributed by atoms with Gasteiger partial charge in [-0.2, -0.15) is 0 Å². The molecule has 0 aliphatic heterocycles. The highest BCUT2D eigenvalue weighted by molar-refractivity contribution is 6.35. The summed E-state index contributed by atoms with van der Waals surface area (Å²) < 4.78 is 0. The molecule has 0 unspecified atom stereocenters. The first-order chi connectivity index (χ1) is 12.9. The normalized spacial score (nSPS) is 11.5. The van der Waals surface area contributed by atoms with Crippen molar-refractivity contribution in [1.82, 2.24) is 0 Å². The number of aryl methyl sites for hydroxylation is 3. The van der Waals surface area contributed by atoms with Crippen molar-refractivity contribution in [3.63, 3.8) is 0 Å². The van der Waals surface area contributed by atoms with Gasteiger partial charge in [0.1, 0.15) is 0 Å². The van der Waals surface area contributed by atoms with Gasteiger partial charge in [0.05, 0.1) is 0 Å². The zero-order valence-electron chi connectivity index (χ0n) is 16.5. The van der Waals surface area contributed by atoms with E-state index in [1.54, 1.807) is 6.07 Å². The van der Waals surface area contributed by atoms with E-state index in [1.165, 1.54) is 33.4 Å². The first-order valence-corrected chi connectivity index (χ1v) is 10.2. The number of hydrogen-bond acceptors (Lipinski definition) is 0. The molecule has 0 bridgehead atoms. The second-order valence-corrected chi connectivity index (χ2v) is 7.75. The van der Waals surface area contributed by atoms with Crippen LogP contribution in [0.15, 0.2) is 55.1 Å². The highest BCUT2D eigenvalue weighted by atomic mass is 35.5. The molecule has 0 aliphatic carbocycles. The van der Waals surface area contributed by atoms with Gasteiger partial charge in [-0.3, -0.25) is 0 Å². The Kier molecular flexibility index (Phi) is 7.95. The van der Waals surface area contributed by atoms with Gasteiger partial charge in [0.25, 0.3) is 0 Å². The van der Waals surface area contributed by atoms with Gasteiger partial charge >= 0.3 is 0 Å². The van der Waals surface area contributed by atoms with Crippen LogP contribution in [0.5, 0.6) is 0 Å². The molecule has 0 atom stereocenters. The maximum atomic E-state index is 6.32. The van der Waals surface area contributed by atoms with Crippen LogP contribution in [0.2, 0.25) is 10.0 Å². The van der Waals surface area contributed by atoms with Crippen LogP contribution in [-0.4, -0.2) is 0 Å². The van der Waals surface area contributed by atoms with Crippen molar-refractivity contribution >= 4 is 34.9 Å². The summed E-state index contributed by atoms with van der Waals surface area (Å²) in [4.78, 5) is 0. The van der Waals surface area contributed by atoms with Gasteiger partial charge in [0.2, 0.25) is 0 Å². The number of allylic oxidation sites excluding steroid dienone is 3. The fraction of sp³-hybridized carbons (Fsp3) is 0.280. The first kappa shape index (κ1) is 21.5. The second kappa shape index (κ2) is 9.97. The van der Waals surface area contributed by atoms with E-state index in [1.807, 2.05) is 18.2 Å². The maximum Gasteiger partial charge on any atom is 0.0452 e. The fourth-order valence-electron chi connectivity index (χ4n) is 3.37. The molecule has 0 radical (unpaired) electrons. The predicted octanol–water partition coefficient (Wildman–Crippen LogP) is 8.49. The van der Waals surface area contributed by atoms with Crippen molar-refractivity contribution in [3.8, 4) is 0 Å². The Hall–Kier alpha value is -1.76. The van der Waals surface area contributed by atoms with E-state index in [-0.39, 0.29) is 0 Å². The minimum absolute atomic E-state index is 0.672. The van der Waals surface area contributed by atoms with Crippen molar-refractivity contribution in [3.05, 3.63) is 93.0 Å². The molecular weight excluding hydrogens is 371 g/mol. The average molecular weight is 399 g/mol. The van der Waals surface area contributed by atoms with Crippen molar-refractivity contribution < 1.29 is 0 Å². The molecule has 0 N–H and O–H groups in total. The highest BCUT2D eigenvalue weighted by Gasteiger charge is 2.12. The molecule has 142 valence electrons. The summed E-state index contributed by atoms with van der Waals surface area (Å²) in [5.41, 5.74) is 8.74. The molecule has 0 aromatic heterocycles. The standard InChI is InChI=1S/C25H28Cl2/c1-6-17(4)13-20(7-2)25-18(5)14-19(15-21(25)8-3)9-10-22-11-12-23(26)16-24(22)27/h7-8,11-12,14-16H,3-4,6,9-10,13H2,1-2,5H3/b20-7-. The van der Waals surface area contributed by atoms with Crippen molar-refractivity contribution in [1.29, 1.82) is 0 Å². The third kappa shape index (κ3) is 5.61. The van der Waals surface area contributed by atoms with E-state index in [2.05, 4.69) is 52.1 Å². The van der Waals surface area contributed by atoms with E-state index in [4.69, 9.17) is 23.2 Å². The lowest BCUT2D eigenvalue weighted by molar-refractivity contribution is 0.956. The summed E-state index contributed by atoms with van der Waals surface area (Å²) in [6.45, 7) is 14.7.